The van der Waals surface area contributed by atoms with Crippen LogP contribution in [0.25, 0.3) is 17.3 Å². The summed E-state index contributed by atoms with van der Waals surface area (Å²) in [5.41, 5.74) is 6.61. The van der Waals surface area contributed by atoms with Gasteiger partial charge in [-0.25, -0.2) is 14.2 Å². The van der Waals surface area contributed by atoms with E-state index in [9.17, 15) is 9.18 Å². The minimum Gasteiger partial charge on any atom is -0.464 e. The normalized spacial score (nSPS) is 9.86. The molecule has 0 bridgehead atoms. The average molecular weight is 296 g/mol. The number of carbonyl (C=O) groups excluding carboxylic acids is 1. The average Bonchev–Trinajstić information content (AvgIpc) is 2.56. The van der Waals surface area contributed by atoms with E-state index < -0.39 is 11.8 Å². The van der Waals surface area contributed by atoms with Gasteiger partial charge in [0.15, 0.2) is 11.5 Å². The Morgan fingerprint density at radius 2 is 2.09 bits per heavy atom. The van der Waals surface area contributed by atoms with Crippen molar-refractivity contribution in [3.05, 3.63) is 53.5 Å². The summed E-state index contributed by atoms with van der Waals surface area (Å²) < 4.78 is 19.1. The van der Waals surface area contributed by atoms with Gasteiger partial charge < -0.3 is 10.5 Å². The fraction of sp³-hybridized carbons (Fsp3) is 0.0588. The molecule has 22 heavy (non-hydrogen) atoms. The number of benzene rings is 1. The lowest BCUT2D eigenvalue weighted by molar-refractivity contribution is 0.0594. The zero-order valence-electron chi connectivity index (χ0n) is 11.9. The van der Waals surface area contributed by atoms with Gasteiger partial charge in [0.1, 0.15) is 5.69 Å². The van der Waals surface area contributed by atoms with Crippen molar-refractivity contribution in [2.45, 2.75) is 0 Å². The minimum atomic E-state index is -0.726. The lowest BCUT2D eigenvalue weighted by Crippen LogP contribution is -2.12. The van der Waals surface area contributed by atoms with Crippen LogP contribution in [0.5, 0.6) is 0 Å². The van der Waals surface area contributed by atoms with Crippen LogP contribution in [0.3, 0.4) is 0 Å². The fourth-order valence-electron chi connectivity index (χ4n) is 1.97. The standard InChI is InChI=1S/C17H13FN2O2/c1-4-10-6-8-11(9-7-10)15-13(18)14(19)12(5-2)16(20-15)17(21)22-3/h1,5-9H,2H2,3H3,(H2,19,20). The summed E-state index contributed by atoms with van der Waals surface area (Å²) in [4.78, 5) is 15.9. The summed E-state index contributed by atoms with van der Waals surface area (Å²) in [6, 6.07) is 6.50. The van der Waals surface area contributed by atoms with E-state index >= 15 is 0 Å². The molecular formula is C17H13FN2O2. The summed E-state index contributed by atoms with van der Waals surface area (Å²) in [5, 5.41) is 0. The van der Waals surface area contributed by atoms with Crippen molar-refractivity contribution in [1.82, 2.24) is 4.98 Å². The molecule has 0 atom stereocenters. The number of anilines is 1. The molecule has 0 radical (unpaired) electrons. The number of hydrogen-bond acceptors (Lipinski definition) is 4. The Kier molecular flexibility index (Phi) is 4.23. The molecule has 0 aliphatic carbocycles. The van der Waals surface area contributed by atoms with E-state index in [1.54, 1.807) is 24.3 Å². The molecular weight excluding hydrogens is 283 g/mol. The predicted molar refractivity (Wildman–Crippen MR) is 83.4 cm³/mol. The number of pyridine rings is 1. The number of esters is 1. The van der Waals surface area contributed by atoms with Crippen LogP contribution in [0, 0.1) is 18.2 Å². The number of halogens is 1. The Hall–Kier alpha value is -3.13. The Balaban J connectivity index is 2.70. The van der Waals surface area contributed by atoms with E-state index in [1.165, 1.54) is 13.2 Å². The van der Waals surface area contributed by atoms with Gasteiger partial charge in [-0.3, -0.25) is 0 Å². The van der Waals surface area contributed by atoms with E-state index in [2.05, 4.69) is 22.2 Å². The highest BCUT2D eigenvalue weighted by molar-refractivity contribution is 5.95. The molecule has 0 spiro atoms. The molecule has 0 saturated heterocycles. The molecule has 1 heterocycles. The zero-order chi connectivity index (χ0) is 16.3. The third-order valence-electron chi connectivity index (χ3n) is 3.12. The molecule has 1 aromatic carbocycles. The number of rotatable bonds is 3. The molecule has 2 aromatic rings. The van der Waals surface area contributed by atoms with Crippen molar-refractivity contribution in [2.75, 3.05) is 12.8 Å². The number of nitrogens with zero attached hydrogens (tertiary/aromatic N) is 1. The van der Waals surface area contributed by atoms with E-state index in [-0.39, 0.29) is 22.6 Å². The largest absolute Gasteiger partial charge is 0.464 e. The summed E-state index contributed by atoms with van der Waals surface area (Å²) in [6.07, 6.45) is 6.55. The molecule has 1 aromatic heterocycles. The number of methoxy groups -OCH3 is 1. The quantitative estimate of drug-likeness (QED) is 0.698. The first-order valence-electron chi connectivity index (χ1n) is 6.30. The third-order valence-corrected chi connectivity index (χ3v) is 3.12. The fourth-order valence-corrected chi connectivity index (χ4v) is 1.97. The topological polar surface area (TPSA) is 65.2 Å². The van der Waals surface area contributed by atoms with Gasteiger partial charge in [-0.2, -0.15) is 0 Å². The lowest BCUT2D eigenvalue weighted by Gasteiger charge is -2.12. The van der Waals surface area contributed by atoms with Gasteiger partial charge >= 0.3 is 5.97 Å². The Labute approximate surface area is 127 Å². The molecule has 5 heteroatoms. The molecule has 110 valence electrons. The zero-order valence-corrected chi connectivity index (χ0v) is 11.9. The van der Waals surface area contributed by atoms with Crippen LogP contribution in [-0.4, -0.2) is 18.1 Å². The van der Waals surface area contributed by atoms with Crippen LogP contribution in [0.4, 0.5) is 10.1 Å². The summed E-state index contributed by atoms with van der Waals surface area (Å²) in [7, 11) is 1.21. The van der Waals surface area contributed by atoms with Gasteiger partial charge in [0.25, 0.3) is 0 Å². The number of ether oxygens (including phenoxy) is 1. The number of nitrogens with two attached hydrogens (primary N) is 1. The van der Waals surface area contributed by atoms with E-state index in [0.717, 1.165) is 0 Å². The number of nitrogen functional groups attached to an aromatic ring is 1. The van der Waals surface area contributed by atoms with Crippen molar-refractivity contribution in [3.63, 3.8) is 0 Å². The highest BCUT2D eigenvalue weighted by atomic mass is 19.1. The van der Waals surface area contributed by atoms with Crippen LogP contribution < -0.4 is 5.73 Å². The number of hydrogen-bond donors (Lipinski definition) is 1. The molecule has 0 aliphatic heterocycles. The van der Waals surface area contributed by atoms with Crippen molar-refractivity contribution in [1.29, 1.82) is 0 Å². The van der Waals surface area contributed by atoms with E-state index in [0.29, 0.717) is 11.1 Å². The monoisotopic (exact) mass is 296 g/mol. The molecule has 0 amide bonds. The van der Waals surface area contributed by atoms with Crippen molar-refractivity contribution >= 4 is 17.7 Å². The van der Waals surface area contributed by atoms with Crippen molar-refractivity contribution in [3.8, 4) is 23.6 Å². The molecule has 0 saturated carbocycles. The van der Waals surface area contributed by atoms with Gasteiger partial charge in [0.2, 0.25) is 0 Å². The number of aromatic nitrogens is 1. The smallest absolute Gasteiger partial charge is 0.357 e. The Morgan fingerprint density at radius 3 is 2.59 bits per heavy atom. The number of terminal acetylenes is 1. The molecule has 2 rings (SSSR count). The summed E-state index contributed by atoms with van der Waals surface area (Å²) in [6.45, 7) is 3.52. The summed E-state index contributed by atoms with van der Waals surface area (Å²) >= 11 is 0. The number of carbonyl (C=O) groups is 1. The second kappa shape index (κ2) is 6.10. The minimum absolute atomic E-state index is 0.0490. The van der Waals surface area contributed by atoms with Gasteiger partial charge in [-0.05, 0) is 12.1 Å². The van der Waals surface area contributed by atoms with Gasteiger partial charge in [-0.15, -0.1) is 6.42 Å². The van der Waals surface area contributed by atoms with Gasteiger partial charge in [0.05, 0.1) is 12.8 Å². The lowest BCUT2D eigenvalue weighted by atomic mass is 10.0. The first-order valence-corrected chi connectivity index (χ1v) is 6.30. The maximum atomic E-state index is 14.4. The van der Waals surface area contributed by atoms with E-state index in [1.807, 2.05) is 0 Å². The molecule has 0 fully saturated rings. The SMILES string of the molecule is C#Cc1ccc(-c2nc(C(=O)OC)c(C=C)c(N)c2F)cc1. The maximum Gasteiger partial charge on any atom is 0.357 e. The molecule has 0 aliphatic rings. The summed E-state index contributed by atoms with van der Waals surface area (Å²) in [5.74, 6) is 1.02. The Bertz CT molecular complexity index is 790. The third kappa shape index (κ3) is 2.54. The second-order valence-electron chi connectivity index (χ2n) is 4.37. The highest BCUT2D eigenvalue weighted by Gasteiger charge is 2.22. The first-order chi connectivity index (χ1) is 10.5. The van der Waals surface area contributed by atoms with Crippen LogP contribution in [0.1, 0.15) is 21.6 Å². The first kappa shape index (κ1) is 15.3. The van der Waals surface area contributed by atoms with Gasteiger partial charge in [0, 0.05) is 16.7 Å². The maximum absolute atomic E-state index is 14.4. The van der Waals surface area contributed by atoms with E-state index in [4.69, 9.17) is 12.2 Å². The van der Waals surface area contributed by atoms with Crippen LogP contribution in [0.2, 0.25) is 0 Å². The Morgan fingerprint density at radius 1 is 1.45 bits per heavy atom. The molecule has 2 N–H and O–H groups in total. The predicted octanol–water partition coefficient (Wildman–Crippen LogP) is 2.88. The van der Waals surface area contributed by atoms with Crippen molar-refractivity contribution < 1.29 is 13.9 Å². The van der Waals surface area contributed by atoms with Crippen LogP contribution in [0.15, 0.2) is 30.8 Å². The molecule has 4 nitrogen and oxygen atoms in total. The van der Waals surface area contributed by atoms with Gasteiger partial charge in [-0.1, -0.05) is 30.7 Å². The van der Waals surface area contributed by atoms with Crippen LogP contribution >= 0.6 is 0 Å². The molecule has 0 unspecified atom stereocenters. The van der Waals surface area contributed by atoms with Crippen molar-refractivity contribution in [2.24, 2.45) is 0 Å². The van der Waals surface area contributed by atoms with Crippen LogP contribution in [-0.2, 0) is 4.74 Å². The second-order valence-corrected chi connectivity index (χ2v) is 4.37. The highest BCUT2D eigenvalue weighted by Crippen LogP contribution is 2.30.